The molecular formula is C26H32N2O. The van der Waals surface area contributed by atoms with E-state index in [4.69, 9.17) is 4.74 Å². The molecule has 2 aromatic carbocycles. The summed E-state index contributed by atoms with van der Waals surface area (Å²) < 4.78 is 8.51. The number of ether oxygens (including phenoxy) is 1. The van der Waals surface area contributed by atoms with Crippen molar-refractivity contribution in [1.82, 2.24) is 9.88 Å². The van der Waals surface area contributed by atoms with Gasteiger partial charge in [-0.15, -0.1) is 0 Å². The molecule has 0 aliphatic rings. The molecule has 1 aromatic heterocycles. The molecule has 0 saturated heterocycles. The summed E-state index contributed by atoms with van der Waals surface area (Å²) in [5.74, 6) is 1.72. The number of rotatable bonds is 10. The van der Waals surface area contributed by atoms with E-state index in [1.165, 1.54) is 28.9 Å². The second-order valence-corrected chi connectivity index (χ2v) is 7.30. The van der Waals surface area contributed by atoms with Gasteiger partial charge in [-0.05, 0) is 81.7 Å². The molecule has 0 aliphatic heterocycles. The minimum absolute atomic E-state index is 0.856. The number of allylic oxidation sites excluding steroid dienone is 2. The number of hydrogen-bond donors (Lipinski definition) is 1. The SMILES string of the molecule is CC/C=C(\C)c1ccc(-c2cccc(Oc3ccccc3)c2)n1CCCCNC. The molecule has 0 spiro atoms. The molecule has 152 valence electrons. The summed E-state index contributed by atoms with van der Waals surface area (Å²) in [6, 6.07) is 22.8. The van der Waals surface area contributed by atoms with Gasteiger partial charge in [0, 0.05) is 23.5 Å². The summed E-state index contributed by atoms with van der Waals surface area (Å²) in [6.45, 7) is 6.46. The maximum absolute atomic E-state index is 6.06. The van der Waals surface area contributed by atoms with Crippen molar-refractivity contribution in [2.75, 3.05) is 13.6 Å². The van der Waals surface area contributed by atoms with Gasteiger partial charge in [-0.1, -0.05) is 43.3 Å². The molecule has 3 nitrogen and oxygen atoms in total. The molecule has 0 amide bonds. The monoisotopic (exact) mass is 388 g/mol. The molecule has 0 saturated carbocycles. The zero-order chi connectivity index (χ0) is 20.5. The predicted molar refractivity (Wildman–Crippen MR) is 123 cm³/mol. The number of nitrogens with zero attached hydrogens (tertiary/aromatic N) is 1. The van der Waals surface area contributed by atoms with E-state index in [9.17, 15) is 0 Å². The fraction of sp³-hybridized carbons (Fsp3) is 0.308. The van der Waals surface area contributed by atoms with Crippen molar-refractivity contribution in [3.8, 4) is 22.8 Å². The first-order valence-electron chi connectivity index (χ1n) is 10.6. The van der Waals surface area contributed by atoms with Crippen LogP contribution >= 0.6 is 0 Å². The Morgan fingerprint density at radius 3 is 2.52 bits per heavy atom. The van der Waals surface area contributed by atoms with Gasteiger partial charge in [0.25, 0.3) is 0 Å². The maximum atomic E-state index is 6.06. The summed E-state index contributed by atoms with van der Waals surface area (Å²) in [6.07, 6.45) is 5.67. The predicted octanol–water partition coefficient (Wildman–Crippen LogP) is 6.76. The third kappa shape index (κ3) is 5.61. The Labute approximate surface area is 175 Å². The van der Waals surface area contributed by atoms with Crippen LogP contribution in [0.25, 0.3) is 16.8 Å². The van der Waals surface area contributed by atoms with Crippen molar-refractivity contribution in [1.29, 1.82) is 0 Å². The smallest absolute Gasteiger partial charge is 0.128 e. The van der Waals surface area contributed by atoms with Crippen LogP contribution in [-0.2, 0) is 6.54 Å². The van der Waals surface area contributed by atoms with E-state index in [1.807, 2.05) is 43.4 Å². The van der Waals surface area contributed by atoms with E-state index in [-0.39, 0.29) is 0 Å². The van der Waals surface area contributed by atoms with E-state index in [1.54, 1.807) is 0 Å². The van der Waals surface area contributed by atoms with E-state index >= 15 is 0 Å². The lowest BCUT2D eigenvalue weighted by molar-refractivity contribution is 0.483. The molecule has 29 heavy (non-hydrogen) atoms. The van der Waals surface area contributed by atoms with Gasteiger partial charge in [0.2, 0.25) is 0 Å². The van der Waals surface area contributed by atoms with E-state index in [0.717, 1.165) is 37.4 Å². The Hall–Kier alpha value is -2.78. The van der Waals surface area contributed by atoms with Crippen LogP contribution in [0, 0.1) is 0 Å². The molecule has 0 bridgehead atoms. The topological polar surface area (TPSA) is 26.2 Å². The largest absolute Gasteiger partial charge is 0.457 e. The number of aromatic nitrogens is 1. The fourth-order valence-electron chi connectivity index (χ4n) is 3.63. The van der Waals surface area contributed by atoms with E-state index in [0.29, 0.717) is 0 Å². The van der Waals surface area contributed by atoms with Crippen LogP contribution in [0.1, 0.15) is 38.8 Å². The maximum Gasteiger partial charge on any atom is 0.128 e. The number of benzene rings is 2. The lowest BCUT2D eigenvalue weighted by Gasteiger charge is -2.15. The molecule has 3 heteroatoms. The first-order valence-corrected chi connectivity index (χ1v) is 10.6. The first kappa shape index (κ1) is 20.9. The van der Waals surface area contributed by atoms with Gasteiger partial charge in [0.05, 0.1) is 0 Å². The molecule has 1 N–H and O–H groups in total. The standard InChI is InChI=1S/C26H32N2O/c1-4-11-21(2)25-16-17-26(28(25)19-9-8-18-27-3)22-12-10-15-24(20-22)29-23-13-6-5-7-14-23/h5-7,10-17,20,27H,4,8-9,18-19H2,1-3H3/b21-11+. The van der Waals surface area contributed by atoms with Crippen LogP contribution in [0.2, 0.25) is 0 Å². The Morgan fingerprint density at radius 2 is 1.76 bits per heavy atom. The second-order valence-electron chi connectivity index (χ2n) is 7.30. The molecule has 0 fully saturated rings. The second kappa shape index (κ2) is 10.7. The Morgan fingerprint density at radius 1 is 0.966 bits per heavy atom. The van der Waals surface area contributed by atoms with Crippen LogP contribution < -0.4 is 10.1 Å². The highest BCUT2D eigenvalue weighted by Crippen LogP contribution is 2.31. The molecule has 0 atom stereocenters. The molecule has 0 aliphatic carbocycles. The van der Waals surface area contributed by atoms with Crippen molar-refractivity contribution in [2.24, 2.45) is 0 Å². The first-order chi connectivity index (χ1) is 14.2. The van der Waals surface area contributed by atoms with E-state index < -0.39 is 0 Å². The molecule has 3 aromatic rings. The summed E-state index contributed by atoms with van der Waals surface area (Å²) in [5, 5.41) is 3.25. The average molecular weight is 389 g/mol. The third-order valence-electron chi connectivity index (χ3n) is 5.06. The summed E-state index contributed by atoms with van der Waals surface area (Å²) >= 11 is 0. The summed E-state index contributed by atoms with van der Waals surface area (Å²) in [7, 11) is 2.01. The number of unbranched alkanes of at least 4 members (excludes halogenated alkanes) is 1. The minimum atomic E-state index is 0.856. The lowest BCUT2D eigenvalue weighted by Crippen LogP contribution is -2.10. The number of para-hydroxylation sites is 1. The number of hydrogen-bond acceptors (Lipinski definition) is 2. The van der Waals surface area contributed by atoms with Crippen molar-refractivity contribution >= 4 is 5.57 Å². The van der Waals surface area contributed by atoms with Gasteiger partial charge in [-0.2, -0.15) is 0 Å². The van der Waals surface area contributed by atoms with Gasteiger partial charge in [0.1, 0.15) is 11.5 Å². The van der Waals surface area contributed by atoms with Gasteiger partial charge in [-0.3, -0.25) is 0 Å². The van der Waals surface area contributed by atoms with Crippen LogP contribution in [-0.4, -0.2) is 18.2 Å². The molecule has 0 unspecified atom stereocenters. The molecular weight excluding hydrogens is 356 g/mol. The van der Waals surface area contributed by atoms with Crippen molar-refractivity contribution < 1.29 is 4.74 Å². The van der Waals surface area contributed by atoms with E-state index in [2.05, 4.69) is 60.1 Å². The fourth-order valence-corrected chi connectivity index (χ4v) is 3.63. The summed E-state index contributed by atoms with van der Waals surface area (Å²) in [4.78, 5) is 0. The van der Waals surface area contributed by atoms with Crippen LogP contribution in [0.4, 0.5) is 0 Å². The molecule has 0 radical (unpaired) electrons. The highest BCUT2D eigenvalue weighted by molar-refractivity contribution is 5.69. The highest BCUT2D eigenvalue weighted by Gasteiger charge is 2.12. The van der Waals surface area contributed by atoms with Crippen molar-refractivity contribution in [2.45, 2.75) is 39.7 Å². The quantitative estimate of drug-likeness (QED) is 0.388. The Bertz CT molecular complexity index is 925. The molecule has 3 rings (SSSR count). The number of nitrogens with one attached hydrogen (secondary N) is 1. The zero-order valence-electron chi connectivity index (χ0n) is 17.8. The minimum Gasteiger partial charge on any atom is -0.457 e. The van der Waals surface area contributed by atoms with Gasteiger partial charge in [-0.25, -0.2) is 0 Å². The van der Waals surface area contributed by atoms with Gasteiger partial charge < -0.3 is 14.6 Å². The Balaban J connectivity index is 1.90. The van der Waals surface area contributed by atoms with Crippen molar-refractivity contribution in [3.63, 3.8) is 0 Å². The van der Waals surface area contributed by atoms with Crippen molar-refractivity contribution in [3.05, 3.63) is 78.5 Å². The lowest BCUT2D eigenvalue weighted by atomic mass is 10.1. The van der Waals surface area contributed by atoms with Gasteiger partial charge in [0.15, 0.2) is 0 Å². The Kier molecular flexibility index (Phi) is 7.71. The van der Waals surface area contributed by atoms with Gasteiger partial charge >= 0.3 is 0 Å². The normalized spacial score (nSPS) is 11.6. The van der Waals surface area contributed by atoms with Crippen LogP contribution in [0.3, 0.4) is 0 Å². The molecule has 1 heterocycles. The van der Waals surface area contributed by atoms with Crippen LogP contribution in [0.5, 0.6) is 11.5 Å². The van der Waals surface area contributed by atoms with Crippen LogP contribution in [0.15, 0.2) is 72.8 Å². The highest BCUT2D eigenvalue weighted by atomic mass is 16.5. The third-order valence-corrected chi connectivity index (χ3v) is 5.06. The average Bonchev–Trinajstić information content (AvgIpc) is 3.16. The zero-order valence-corrected chi connectivity index (χ0v) is 17.8. The summed E-state index contributed by atoms with van der Waals surface area (Å²) in [5.41, 5.74) is 5.07.